The molecular formula is C16H25FN2O. The van der Waals surface area contributed by atoms with E-state index in [2.05, 4.69) is 16.7 Å². The van der Waals surface area contributed by atoms with E-state index in [9.17, 15) is 9.50 Å². The first-order valence-corrected chi connectivity index (χ1v) is 7.45. The molecule has 1 saturated heterocycles. The minimum Gasteiger partial charge on any atom is -0.389 e. The van der Waals surface area contributed by atoms with Crippen LogP contribution >= 0.6 is 0 Å². The molecule has 1 unspecified atom stereocenters. The van der Waals surface area contributed by atoms with Gasteiger partial charge in [-0.2, -0.15) is 0 Å². The molecule has 2 rings (SSSR count). The summed E-state index contributed by atoms with van der Waals surface area (Å²) in [6.45, 7) is 7.03. The molecule has 0 aromatic heterocycles. The molecule has 0 aliphatic carbocycles. The van der Waals surface area contributed by atoms with Gasteiger partial charge in [0, 0.05) is 30.9 Å². The van der Waals surface area contributed by atoms with Gasteiger partial charge in [-0.05, 0) is 51.1 Å². The smallest absolute Gasteiger partial charge is 0.123 e. The Hall–Kier alpha value is -1.13. The van der Waals surface area contributed by atoms with Crippen LogP contribution in [-0.4, -0.2) is 42.7 Å². The predicted molar refractivity (Wildman–Crippen MR) is 80.6 cm³/mol. The predicted octanol–water partition coefficient (Wildman–Crippen LogP) is 2.80. The number of halogens is 1. The number of nitrogens with zero attached hydrogens (tertiary/aromatic N) is 2. The van der Waals surface area contributed by atoms with E-state index in [1.165, 1.54) is 31.5 Å². The Morgan fingerprint density at radius 2 is 2.25 bits per heavy atom. The highest BCUT2D eigenvalue weighted by Gasteiger charge is 2.25. The molecule has 1 N–H and O–H groups in total. The fourth-order valence-electron chi connectivity index (χ4n) is 3.14. The third-order valence-corrected chi connectivity index (χ3v) is 4.24. The molecule has 0 bridgehead atoms. The van der Waals surface area contributed by atoms with Crippen molar-refractivity contribution in [3.8, 4) is 0 Å². The van der Waals surface area contributed by atoms with Gasteiger partial charge in [0.25, 0.3) is 0 Å². The lowest BCUT2D eigenvalue weighted by molar-refractivity contribution is 0.199. The normalized spacial score (nSPS) is 21.1. The summed E-state index contributed by atoms with van der Waals surface area (Å²) in [6.07, 6.45) is 1.80. The van der Waals surface area contributed by atoms with Gasteiger partial charge in [-0.15, -0.1) is 0 Å². The average molecular weight is 280 g/mol. The second kappa shape index (κ2) is 6.55. The number of rotatable bonds is 5. The van der Waals surface area contributed by atoms with Crippen molar-refractivity contribution in [2.24, 2.45) is 0 Å². The van der Waals surface area contributed by atoms with Gasteiger partial charge in [-0.1, -0.05) is 6.92 Å². The van der Waals surface area contributed by atoms with Crippen LogP contribution in [0.5, 0.6) is 0 Å². The number of anilines is 1. The number of aliphatic hydroxyl groups is 1. The van der Waals surface area contributed by atoms with E-state index in [0.717, 1.165) is 18.8 Å². The van der Waals surface area contributed by atoms with Crippen LogP contribution in [0.1, 0.15) is 38.4 Å². The zero-order valence-corrected chi connectivity index (χ0v) is 12.6. The van der Waals surface area contributed by atoms with Gasteiger partial charge >= 0.3 is 0 Å². The van der Waals surface area contributed by atoms with Crippen molar-refractivity contribution in [2.75, 3.05) is 31.6 Å². The molecule has 1 aliphatic rings. The van der Waals surface area contributed by atoms with Crippen LogP contribution in [-0.2, 0) is 0 Å². The Kier molecular flexibility index (Phi) is 5.00. The fourth-order valence-corrected chi connectivity index (χ4v) is 3.14. The van der Waals surface area contributed by atoms with Crippen molar-refractivity contribution >= 4 is 5.69 Å². The first kappa shape index (κ1) is 15.3. The number of benzene rings is 1. The number of hydrogen-bond acceptors (Lipinski definition) is 3. The quantitative estimate of drug-likeness (QED) is 0.898. The zero-order valence-electron chi connectivity index (χ0n) is 12.6. The molecule has 3 nitrogen and oxygen atoms in total. The van der Waals surface area contributed by atoms with Crippen LogP contribution in [0, 0.1) is 5.82 Å². The van der Waals surface area contributed by atoms with E-state index in [1.54, 1.807) is 13.0 Å². The first-order chi connectivity index (χ1) is 9.52. The van der Waals surface area contributed by atoms with E-state index in [4.69, 9.17) is 0 Å². The largest absolute Gasteiger partial charge is 0.389 e. The van der Waals surface area contributed by atoms with Gasteiger partial charge in [-0.25, -0.2) is 4.39 Å². The molecule has 1 aromatic rings. The van der Waals surface area contributed by atoms with Crippen molar-refractivity contribution in [3.63, 3.8) is 0 Å². The highest BCUT2D eigenvalue weighted by atomic mass is 19.1. The van der Waals surface area contributed by atoms with Crippen molar-refractivity contribution in [3.05, 3.63) is 29.6 Å². The van der Waals surface area contributed by atoms with Crippen LogP contribution < -0.4 is 4.90 Å². The third-order valence-electron chi connectivity index (χ3n) is 4.24. The molecule has 1 heterocycles. The lowest BCUT2D eigenvalue weighted by atomic mass is 10.1. The summed E-state index contributed by atoms with van der Waals surface area (Å²) >= 11 is 0. The molecule has 2 atom stereocenters. The summed E-state index contributed by atoms with van der Waals surface area (Å²) in [4.78, 5) is 4.63. The standard InChI is InChI=1S/C16H25FN2O/c1-4-19-9-5-6-14(19)11-18(3)16-8-7-13(17)10-15(16)12(2)20/h7-8,10,12,14,20H,4-6,9,11H2,1-3H3/t12-,14?/m1/s1. The van der Waals surface area contributed by atoms with Crippen molar-refractivity contribution in [1.82, 2.24) is 4.90 Å². The second-order valence-electron chi connectivity index (χ2n) is 5.68. The summed E-state index contributed by atoms with van der Waals surface area (Å²) in [6, 6.07) is 5.21. The zero-order chi connectivity index (χ0) is 14.7. The monoisotopic (exact) mass is 280 g/mol. The van der Waals surface area contributed by atoms with Crippen molar-refractivity contribution in [1.29, 1.82) is 0 Å². The van der Waals surface area contributed by atoms with E-state index >= 15 is 0 Å². The molecule has 20 heavy (non-hydrogen) atoms. The number of likely N-dealkylation sites (tertiary alicyclic amines) is 1. The van der Waals surface area contributed by atoms with E-state index < -0.39 is 6.10 Å². The third kappa shape index (κ3) is 3.30. The minimum absolute atomic E-state index is 0.297. The SMILES string of the molecule is CCN1CCCC1CN(C)c1ccc(F)cc1[C@@H](C)O. The van der Waals surface area contributed by atoms with Crippen LogP contribution in [0.25, 0.3) is 0 Å². The van der Waals surface area contributed by atoms with Crippen molar-refractivity contribution < 1.29 is 9.50 Å². The Morgan fingerprint density at radius 3 is 2.90 bits per heavy atom. The average Bonchev–Trinajstić information content (AvgIpc) is 2.85. The summed E-state index contributed by atoms with van der Waals surface area (Å²) in [7, 11) is 2.02. The van der Waals surface area contributed by atoms with Crippen LogP contribution in [0.4, 0.5) is 10.1 Å². The van der Waals surface area contributed by atoms with Gasteiger partial charge < -0.3 is 10.0 Å². The highest BCUT2D eigenvalue weighted by molar-refractivity contribution is 5.54. The maximum Gasteiger partial charge on any atom is 0.123 e. The molecule has 0 radical (unpaired) electrons. The van der Waals surface area contributed by atoms with Crippen LogP contribution in [0.3, 0.4) is 0 Å². The fraction of sp³-hybridized carbons (Fsp3) is 0.625. The van der Waals surface area contributed by atoms with E-state index in [1.807, 2.05) is 7.05 Å². The Balaban J connectivity index is 2.14. The molecule has 0 amide bonds. The number of aliphatic hydroxyl groups excluding tert-OH is 1. The van der Waals surface area contributed by atoms with E-state index in [0.29, 0.717) is 11.6 Å². The molecule has 0 saturated carbocycles. The number of likely N-dealkylation sites (N-methyl/N-ethyl adjacent to an activating group) is 2. The Morgan fingerprint density at radius 1 is 1.50 bits per heavy atom. The van der Waals surface area contributed by atoms with Gasteiger partial charge in [0.2, 0.25) is 0 Å². The maximum atomic E-state index is 13.4. The number of hydrogen-bond donors (Lipinski definition) is 1. The molecule has 1 fully saturated rings. The second-order valence-corrected chi connectivity index (χ2v) is 5.68. The Labute approximate surface area is 121 Å². The van der Waals surface area contributed by atoms with Crippen LogP contribution in [0.15, 0.2) is 18.2 Å². The summed E-state index contributed by atoms with van der Waals surface area (Å²) in [5, 5.41) is 9.83. The molecular weight excluding hydrogens is 255 g/mol. The summed E-state index contributed by atoms with van der Waals surface area (Å²) < 4.78 is 13.4. The molecule has 1 aromatic carbocycles. The van der Waals surface area contributed by atoms with Gasteiger partial charge in [-0.3, -0.25) is 4.90 Å². The minimum atomic E-state index is -0.658. The van der Waals surface area contributed by atoms with E-state index in [-0.39, 0.29) is 5.82 Å². The first-order valence-electron chi connectivity index (χ1n) is 7.45. The molecule has 0 spiro atoms. The van der Waals surface area contributed by atoms with Gasteiger partial charge in [0.15, 0.2) is 0 Å². The van der Waals surface area contributed by atoms with Gasteiger partial charge in [0.05, 0.1) is 6.10 Å². The maximum absolute atomic E-state index is 13.4. The lowest BCUT2D eigenvalue weighted by Gasteiger charge is -2.30. The molecule has 112 valence electrons. The molecule has 1 aliphatic heterocycles. The molecule has 4 heteroatoms. The van der Waals surface area contributed by atoms with Crippen LogP contribution in [0.2, 0.25) is 0 Å². The summed E-state index contributed by atoms with van der Waals surface area (Å²) in [5.74, 6) is -0.297. The van der Waals surface area contributed by atoms with Gasteiger partial charge in [0.1, 0.15) is 5.82 Å². The van der Waals surface area contributed by atoms with Crippen molar-refractivity contribution in [2.45, 2.75) is 38.8 Å². The summed E-state index contributed by atoms with van der Waals surface area (Å²) in [5.41, 5.74) is 1.58. The lowest BCUT2D eigenvalue weighted by Crippen LogP contribution is -2.39. The highest BCUT2D eigenvalue weighted by Crippen LogP contribution is 2.28. The Bertz CT molecular complexity index is 450. The topological polar surface area (TPSA) is 26.7 Å².